The maximum absolute atomic E-state index is 13.4. The Bertz CT molecular complexity index is 798. The van der Waals surface area contributed by atoms with Crippen molar-refractivity contribution < 1.29 is 29.3 Å². The van der Waals surface area contributed by atoms with Crippen molar-refractivity contribution >= 4 is 72.3 Å². The average molecular weight is 465 g/mol. The first-order valence-corrected chi connectivity index (χ1v) is 9.60. The molecule has 1 amide bonds. The Hall–Kier alpha value is -1.03. The van der Waals surface area contributed by atoms with Crippen molar-refractivity contribution in [2.24, 2.45) is 0 Å². The zero-order chi connectivity index (χ0) is 19.3. The topological polar surface area (TPSA) is 75.1 Å². The van der Waals surface area contributed by atoms with Gasteiger partial charge >= 0.3 is 0 Å². The molecule has 0 aliphatic heterocycles. The summed E-state index contributed by atoms with van der Waals surface area (Å²) in [4.78, 5) is 15.8. The van der Waals surface area contributed by atoms with Crippen LogP contribution in [0.4, 0.5) is 25.1 Å². The fraction of sp³-hybridized carbons (Fsp3) is 0. The van der Waals surface area contributed by atoms with Gasteiger partial charge in [0.1, 0.15) is 12.0 Å². The molecule has 0 atom stereocenters. The number of aromatic hydroxyl groups is 1. The van der Waals surface area contributed by atoms with E-state index < -0.39 is 103 Å². The number of anilines is 1. The summed E-state index contributed by atoms with van der Waals surface area (Å²) in [5.41, 5.74) is -0.985. The van der Waals surface area contributed by atoms with E-state index in [0.29, 0.717) is 0 Å². The molecule has 15 heteroatoms. The summed E-state index contributed by atoms with van der Waals surface area (Å²) in [6.45, 7) is 0. The van der Waals surface area contributed by atoms with E-state index in [2.05, 4.69) is 15.3 Å². The van der Waals surface area contributed by atoms with Crippen LogP contribution in [0.1, 0.15) is 10.5 Å². The van der Waals surface area contributed by atoms with Gasteiger partial charge in [-0.2, -0.15) is 19.4 Å². The molecule has 0 unspecified atom stereocenters. The first kappa shape index (κ1) is 21.3. The molecule has 0 saturated carbocycles. The smallest absolute Gasteiger partial charge is 0.274 e. The van der Waals surface area contributed by atoms with Crippen LogP contribution in [0.2, 0.25) is 0 Å². The van der Waals surface area contributed by atoms with E-state index in [1.807, 2.05) is 0 Å². The summed E-state index contributed by atoms with van der Waals surface area (Å²) >= 11 is -2.94. The number of carbonyl (C=O) groups excluding carboxylic acids is 1. The predicted molar refractivity (Wildman–Crippen MR) is 92.9 cm³/mol. The van der Waals surface area contributed by atoms with Gasteiger partial charge in [-0.05, 0) is 0 Å². The molecule has 1 aromatic heterocycles. The van der Waals surface area contributed by atoms with Crippen LogP contribution in [-0.2, 0) is 0 Å². The Morgan fingerprint density at radius 2 is 1.31 bits per heavy atom. The number of hydrogen-bond acceptors (Lipinski definition) is 9. The standard InChI is InChI=1S/C11H4F5N3O2S5/c12-22-6-5(19-11(21)3-1-4(20)18-2-17-3)7(23-13)9(25-15)10(26-16)8(6)24-14/h1-2H,(H,19,21)(H,17,18,20). The monoisotopic (exact) mass is 465 g/mol. The summed E-state index contributed by atoms with van der Waals surface area (Å²) in [7, 11) is 0. The summed E-state index contributed by atoms with van der Waals surface area (Å²) in [6, 6.07) is 0.862. The summed E-state index contributed by atoms with van der Waals surface area (Å²) in [5, 5.41) is 11.3. The van der Waals surface area contributed by atoms with Gasteiger partial charge in [-0.15, -0.1) is 0 Å². The van der Waals surface area contributed by atoms with E-state index in [0.717, 1.165) is 12.4 Å². The number of benzene rings is 1. The normalized spacial score (nSPS) is 10.8. The molecule has 0 spiro atoms. The van der Waals surface area contributed by atoms with Crippen LogP contribution >= 0.6 is 60.7 Å². The van der Waals surface area contributed by atoms with Gasteiger partial charge in [0.25, 0.3) is 5.91 Å². The second kappa shape index (κ2) is 9.77. The van der Waals surface area contributed by atoms with E-state index in [9.17, 15) is 29.3 Å². The third-order valence-corrected chi connectivity index (χ3v) is 6.12. The predicted octanol–water partition coefficient (Wildman–Crippen LogP) is 6.32. The van der Waals surface area contributed by atoms with E-state index in [-0.39, 0.29) is 5.69 Å². The molecule has 0 aliphatic rings. The Kier molecular flexibility index (Phi) is 8.00. The zero-order valence-electron chi connectivity index (χ0n) is 11.8. The summed E-state index contributed by atoms with van der Waals surface area (Å²) in [5.74, 6) is -1.59. The number of rotatable bonds is 7. The minimum absolute atomic E-state index is 0.380. The summed E-state index contributed by atoms with van der Waals surface area (Å²) in [6.07, 6.45) is 0.856. The molecule has 5 nitrogen and oxygen atoms in total. The van der Waals surface area contributed by atoms with Crippen LogP contribution in [0.3, 0.4) is 0 Å². The SMILES string of the molecule is O=C(Nc1c(SF)c(SF)c(SF)c(SF)c1SF)c1cc(O)ncn1. The minimum atomic E-state index is -1.04. The van der Waals surface area contributed by atoms with Gasteiger partial charge < -0.3 is 10.4 Å². The van der Waals surface area contributed by atoms with Crippen molar-refractivity contribution in [3.63, 3.8) is 0 Å². The average Bonchev–Trinajstić information content (AvgIpc) is 2.66. The molecule has 2 aromatic rings. The van der Waals surface area contributed by atoms with Crippen molar-refractivity contribution in [2.45, 2.75) is 24.5 Å². The van der Waals surface area contributed by atoms with Crippen LogP contribution in [0, 0.1) is 0 Å². The van der Waals surface area contributed by atoms with Crippen LogP contribution in [-0.4, -0.2) is 21.0 Å². The number of hydrogen-bond donors (Lipinski definition) is 2. The minimum Gasteiger partial charge on any atom is -0.493 e. The number of halogens is 5. The van der Waals surface area contributed by atoms with E-state index >= 15 is 0 Å². The number of carbonyl (C=O) groups is 1. The van der Waals surface area contributed by atoms with Gasteiger partial charge in [0.2, 0.25) is 5.88 Å². The van der Waals surface area contributed by atoms with Gasteiger partial charge in [-0.1, -0.05) is 0 Å². The zero-order valence-corrected chi connectivity index (χ0v) is 15.9. The Morgan fingerprint density at radius 3 is 1.73 bits per heavy atom. The van der Waals surface area contributed by atoms with Crippen molar-refractivity contribution in [1.29, 1.82) is 0 Å². The molecule has 26 heavy (non-hydrogen) atoms. The molecule has 140 valence electrons. The maximum Gasteiger partial charge on any atom is 0.274 e. The van der Waals surface area contributed by atoms with Gasteiger partial charge in [0.15, 0.2) is 0 Å². The molecular weight excluding hydrogens is 461 g/mol. The molecule has 2 rings (SSSR count). The van der Waals surface area contributed by atoms with Crippen LogP contribution in [0.25, 0.3) is 0 Å². The first-order valence-electron chi connectivity index (χ1n) is 6.01. The largest absolute Gasteiger partial charge is 0.493 e. The maximum atomic E-state index is 13.4. The van der Waals surface area contributed by atoms with Crippen molar-refractivity contribution in [3.05, 3.63) is 18.1 Å². The fourth-order valence-corrected chi connectivity index (χ4v) is 4.61. The number of nitrogens with zero attached hydrogens (tertiary/aromatic N) is 2. The molecule has 0 bridgehead atoms. The number of nitrogens with one attached hydrogen (secondary N) is 1. The lowest BCUT2D eigenvalue weighted by molar-refractivity contribution is 0.102. The molecule has 0 radical (unpaired) electrons. The lowest BCUT2D eigenvalue weighted by Crippen LogP contribution is -2.15. The highest BCUT2D eigenvalue weighted by Crippen LogP contribution is 2.54. The fourth-order valence-electron chi connectivity index (χ4n) is 1.76. The number of aromatic nitrogens is 2. The molecule has 0 aliphatic carbocycles. The lowest BCUT2D eigenvalue weighted by Gasteiger charge is -2.17. The van der Waals surface area contributed by atoms with Gasteiger partial charge in [-0.3, -0.25) is 4.79 Å². The van der Waals surface area contributed by atoms with Crippen molar-refractivity contribution in [1.82, 2.24) is 9.97 Å². The lowest BCUT2D eigenvalue weighted by atomic mass is 10.3. The van der Waals surface area contributed by atoms with E-state index in [1.54, 1.807) is 0 Å². The van der Waals surface area contributed by atoms with Crippen molar-refractivity contribution in [2.75, 3.05) is 5.32 Å². The highest BCUT2D eigenvalue weighted by molar-refractivity contribution is 8.00. The molecule has 1 heterocycles. The third-order valence-electron chi connectivity index (χ3n) is 2.79. The van der Waals surface area contributed by atoms with Crippen molar-refractivity contribution in [3.8, 4) is 5.88 Å². The molecular formula is C11H4F5N3O2S5. The van der Waals surface area contributed by atoms with Crippen LogP contribution in [0.15, 0.2) is 36.9 Å². The highest BCUT2D eigenvalue weighted by Gasteiger charge is 2.29. The quantitative estimate of drug-likeness (QED) is 0.457. The van der Waals surface area contributed by atoms with Gasteiger partial charge in [-0.25, -0.2) is 9.97 Å². The Morgan fingerprint density at radius 1 is 0.846 bits per heavy atom. The molecule has 1 aromatic carbocycles. The van der Waals surface area contributed by atoms with Crippen LogP contribution in [0.5, 0.6) is 5.88 Å². The van der Waals surface area contributed by atoms with Gasteiger partial charge in [0, 0.05) is 6.07 Å². The highest BCUT2D eigenvalue weighted by atomic mass is 32.2. The third kappa shape index (κ3) is 4.27. The second-order valence-electron chi connectivity index (χ2n) is 4.12. The molecule has 2 N–H and O–H groups in total. The summed E-state index contributed by atoms with van der Waals surface area (Å²) < 4.78 is 66.3. The van der Waals surface area contributed by atoms with Crippen LogP contribution < -0.4 is 5.32 Å². The first-order chi connectivity index (χ1) is 12.5. The van der Waals surface area contributed by atoms with E-state index in [4.69, 9.17) is 0 Å². The Balaban J connectivity index is 2.64. The Labute approximate surface area is 165 Å². The molecule has 0 saturated heterocycles. The van der Waals surface area contributed by atoms with Gasteiger partial charge in [0.05, 0.1) is 90.9 Å². The molecule has 0 fully saturated rings. The van der Waals surface area contributed by atoms with E-state index in [1.165, 1.54) is 0 Å². The second-order valence-corrected chi connectivity index (χ2v) is 6.93. The number of amides is 1.